The molecule has 1 aromatic rings. The van der Waals surface area contributed by atoms with Gasteiger partial charge in [-0.1, -0.05) is 11.6 Å². The zero-order valence-corrected chi connectivity index (χ0v) is 11.3. The van der Waals surface area contributed by atoms with Crippen LogP contribution in [-0.2, 0) is 9.53 Å². The van der Waals surface area contributed by atoms with E-state index in [0.29, 0.717) is 18.8 Å². The van der Waals surface area contributed by atoms with E-state index in [1.165, 1.54) is 19.2 Å². The zero-order valence-electron chi connectivity index (χ0n) is 10.5. The maximum Gasteiger partial charge on any atom is 0.253 e. The predicted octanol–water partition coefficient (Wildman–Crippen LogP) is 0.415. The molecule has 0 saturated heterocycles. The number of ether oxygens (including phenoxy) is 1. The third-order valence-corrected chi connectivity index (χ3v) is 2.59. The van der Waals surface area contributed by atoms with Crippen molar-refractivity contribution >= 4 is 29.1 Å². The minimum atomic E-state index is -0.424. The number of nitrogen functional groups attached to an aromatic ring is 1. The number of carbonyl (C=O) groups excluding carboxylic acids is 2. The summed E-state index contributed by atoms with van der Waals surface area (Å²) in [4.78, 5) is 23.1. The summed E-state index contributed by atoms with van der Waals surface area (Å²) in [6.07, 6.45) is 0. The van der Waals surface area contributed by atoms with Crippen LogP contribution in [0.15, 0.2) is 18.2 Å². The van der Waals surface area contributed by atoms with E-state index in [4.69, 9.17) is 22.1 Å². The first-order valence-electron chi connectivity index (χ1n) is 5.63. The Kier molecular flexibility index (Phi) is 6.11. The van der Waals surface area contributed by atoms with Crippen molar-refractivity contribution in [2.24, 2.45) is 0 Å². The van der Waals surface area contributed by atoms with Crippen LogP contribution in [0.1, 0.15) is 10.4 Å². The fourth-order valence-corrected chi connectivity index (χ4v) is 1.60. The molecular formula is C12H16ClN3O3. The van der Waals surface area contributed by atoms with Gasteiger partial charge in [0, 0.05) is 19.3 Å². The third kappa shape index (κ3) is 5.15. The Labute approximate surface area is 116 Å². The molecule has 0 fully saturated rings. The molecule has 0 aliphatic heterocycles. The molecule has 104 valence electrons. The van der Waals surface area contributed by atoms with Crippen molar-refractivity contribution in [3.05, 3.63) is 28.8 Å². The van der Waals surface area contributed by atoms with E-state index in [1.54, 1.807) is 6.07 Å². The lowest BCUT2D eigenvalue weighted by molar-refractivity contribution is -0.120. The number of benzene rings is 1. The highest BCUT2D eigenvalue weighted by Gasteiger charge is 2.11. The summed E-state index contributed by atoms with van der Waals surface area (Å²) in [5, 5.41) is 5.30. The van der Waals surface area contributed by atoms with Crippen LogP contribution in [0.2, 0.25) is 5.02 Å². The second kappa shape index (κ2) is 7.60. The van der Waals surface area contributed by atoms with Crippen LogP contribution in [0, 0.1) is 0 Å². The highest BCUT2D eigenvalue weighted by molar-refractivity contribution is 6.34. The van der Waals surface area contributed by atoms with Gasteiger partial charge in [-0.05, 0) is 18.2 Å². The smallest absolute Gasteiger partial charge is 0.253 e. The number of halogens is 1. The molecule has 0 bridgehead atoms. The molecule has 1 rings (SSSR count). The van der Waals surface area contributed by atoms with Crippen LogP contribution in [0.3, 0.4) is 0 Å². The van der Waals surface area contributed by atoms with Crippen molar-refractivity contribution in [2.45, 2.75) is 0 Å². The van der Waals surface area contributed by atoms with Crippen LogP contribution in [0.4, 0.5) is 5.69 Å². The Morgan fingerprint density at radius 2 is 2.11 bits per heavy atom. The Morgan fingerprint density at radius 1 is 1.37 bits per heavy atom. The van der Waals surface area contributed by atoms with Gasteiger partial charge in [0.2, 0.25) is 5.91 Å². The topological polar surface area (TPSA) is 93.5 Å². The number of amides is 2. The first-order valence-corrected chi connectivity index (χ1v) is 6.01. The van der Waals surface area contributed by atoms with Crippen LogP contribution in [-0.4, -0.2) is 38.6 Å². The quantitative estimate of drug-likeness (QED) is 0.521. The number of methoxy groups -OCH3 is 1. The fourth-order valence-electron chi connectivity index (χ4n) is 1.33. The molecule has 4 N–H and O–H groups in total. The predicted molar refractivity (Wildman–Crippen MR) is 73.1 cm³/mol. The maximum atomic E-state index is 11.8. The summed E-state index contributed by atoms with van der Waals surface area (Å²) in [7, 11) is 1.54. The lowest BCUT2D eigenvalue weighted by Crippen LogP contribution is -2.38. The Balaban J connectivity index is 2.45. The van der Waals surface area contributed by atoms with Gasteiger partial charge in [0.15, 0.2) is 0 Å². The maximum absolute atomic E-state index is 11.8. The van der Waals surface area contributed by atoms with Crippen LogP contribution >= 0.6 is 11.6 Å². The third-order valence-electron chi connectivity index (χ3n) is 2.28. The van der Waals surface area contributed by atoms with Gasteiger partial charge in [-0.3, -0.25) is 9.59 Å². The molecule has 2 amide bonds. The first-order chi connectivity index (χ1) is 9.04. The first kappa shape index (κ1) is 15.3. The van der Waals surface area contributed by atoms with Crippen molar-refractivity contribution < 1.29 is 14.3 Å². The minimum absolute atomic E-state index is 0.122. The standard InChI is InChI=1S/C12H16ClN3O3/c1-19-5-4-15-11(17)7-16-12(18)9-3-2-8(14)6-10(9)13/h2-3,6H,4-5,7,14H2,1H3,(H,15,17)(H,16,18). The number of anilines is 1. The monoisotopic (exact) mass is 285 g/mol. The molecule has 0 unspecified atom stereocenters. The van der Waals surface area contributed by atoms with Crippen molar-refractivity contribution in [3.8, 4) is 0 Å². The van der Waals surface area contributed by atoms with E-state index >= 15 is 0 Å². The molecule has 0 aliphatic rings. The summed E-state index contributed by atoms with van der Waals surface area (Å²) in [6, 6.07) is 4.56. The number of carbonyl (C=O) groups is 2. The second-order valence-corrected chi connectivity index (χ2v) is 4.17. The van der Waals surface area contributed by atoms with E-state index in [0.717, 1.165) is 0 Å². The van der Waals surface area contributed by atoms with Gasteiger partial charge in [0.25, 0.3) is 5.91 Å². The molecule has 0 heterocycles. The molecule has 7 heteroatoms. The Morgan fingerprint density at radius 3 is 2.74 bits per heavy atom. The lowest BCUT2D eigenvalue weighted by atomic mass is 10.2. The van der Waals surface area contributed by atoms with Crippen molar-refractivity contribution in [2.75, 3.05) is 32.5 Å². The average molecular weight is 286 g/mol. The fraction of sp³-hybridized carbons (Fsp3) is 0.333. The van der Waals surface area contributed by atoms with Crippen LogP contribution < -0.4 is 16.4 Å². The molecular weight excluding hydrogens is 270 g/mol. The summed E-state index contributed by atoms with van der Waals surface area (Å²) >= 11 is 5.88. The van der Waals surface area contributed by atoms with Gasteiger partial charge in [-0.15, -0.1) is 0 Å². The van der Waals surface area contributed by atoms with Gasteiger partial charge in [-0.2, -0.15) is 0 Å². The molecule has 0 aromatic heterocycles. The summed E-state index contributed by atoms with van der Waals surface area (Å²) in [5.74, 6) is -0.719. The molecule has 6 nitrogen and oxygen atoms in total. The number of hydrogen-bond donors (Lipinski definition) is 3. The minimum Gasteiger partial charge on any atom is -0.399 e. The van der Waals surface area contributed by atoms with Gasteiger partial charge < -0.3 is 21.1 Å². The van der Waals surface area contributed by atoms with E-state index < -0.39 is 5.91 Å². The highest BCUT2D eigenvalue weighted by Crippen LogP contribution is 2.18. The second-order valence-electron chi connectivity index (χ2n) is 3.76. The van der Waals surface area contributed by atoms with Crippen molar-refractivity contribution in [1.82, 2.24) is 10.6 Å². The number of nitrogens with two attached hydrogens (primary N) is 1. The molecule has 0 saturated carbocycles. The molecule has 0 radical (unpaired) electrons. The largest absolute Gasteiger partial charge is 0.399 e. The Hall–Kier alpha value is -1.79. The summed E-state index contributed by atoms with van der Waals surface area (Å²) in [5.41, 5.74) is 6.28. The van der Waals surface area contributed by atoms with E-state index in [1.807, 2.05) is 0 Å². The summed E-state index contributed by atoms with van der Waals surface area (Å²) < 4.78 is 4.78. The van der Waals surface area contributed by atoms with Crippen molar-refractivity contribution in [3.63, 3.8) is 0 Å². The molecule has 19 heavy (non-hydrogen) atoms. The number of rotatable bonds is 6. The van der Waals surface area contributed by atoms with Crippen molar-refractivity contribution in [1.29, 1.82) is 0 Å². The van der Waals surface area contributed by atoms with Gasteiger partial charge in [-0.25, -0.2) is 0 Å². The zero-order chi connectivity index (χ0) is 14.3. The molecule has 0 aliphatic carbocycles. The van der Waals surface area contributed by atoms with E-state index in [-0.39, 0.29) is 23.0 Å². The van der Waals surface area contributed by atoms with Gasteiger partial charge >= 0.3 is 0 Å². The van der Waals surface area contributed by atoms with Crippen LogP contribution in [0.5, 0.6) is 0 Å². The summed E-state index contributed by atoms with van der Waals surface area (Å²) in [6.45, 7) is 0.695. The average Bonchev–Trinajstić information content (AvgIpc) is 2.36. The van der Waals surface area contributed by atoms with Crippen LogP contribution in [0.25, 0.3) is 0 Å². The molecule has 0 spiro atoms. The molecule has 1 aromatic carbocycles. The highest BCUT2D eigenvalue weighted by atomic mass is 35.5. The number of hydrogen-bond acceptors (Lipinski definition) is 4. The lowest BCUT2D eigenvalue weighted by Gasteiger charge is -2.08. The van der Waals surface area contributed by atoms with E-state index in [9.17, 15) is 9.59 Å². The Bertz CT molecular complexity index is 466. The number of nitrogens with one attached hydrogen (secondary N) is 2. The molecule has 0 atom stereocenters. The normalized spacial score (nSPS) is 10.0. The van der Waals surface area contributed by atoms with Gasteiger partial charge in [0.1, 0.15) is 0 Å². The van der Waals surface area contributed by atoms with Gasteiger partial charge in [0.05, 0.1) is 23.7 Å². The SMILES string of the molecule is COCCNC(=O)CNC(=O)c1ccc(N)cc1Cl. The van der Waals surface area contributed by atoms with E-state index in [2.05, 4.69) is 10.6 Å².